The maximum Gasteiger partial charge on any atom is 0.259 e. The predicted molar refractivity (Wildman–Crippen MR) is 89.0 cm³/mol. The zero-order chi connectivity index (χ0) is 15.3. The van der Waals surface area contributed by atoms with E-state index in [1.807, 2.05) is 18.2 Å². The third kappa shape index (κ3) is 1.77. The molecule has 4 rings (SSSR count). The highest BCUT2D eigenvalue weighted by Gasteiger charge is 2.13. The van der Waals surface area contributed by atoms with Crippen molar-refractivity contribution in [3.63, 3.8) is 0 Å². The Morgan fingerprint density at radius 3 is 2.59 bits per heavy atom. The molecule has 0 amide bonds. The van der Waals surface area contributed by atoms with Crippen molar-refractivity contribution in [2.75, 3.05) is 0 Å². The summed E-state index contributed by atoms with van der Waals surface area (Å²) in [6, 6.07) is 12.0. The van der Waals surface area contributed by atoms with E-state index in [2.05, 4.69) is 35.1 Å². The Bertz CT molecular complexity index is 1060. The molecule has 3 heterocycles. The molecule has 0 atom stereocenters. The van der Waals surface area contributed by atoms with Crippen LogP contribution >= 0.6 is 0 Å². The lowest BCUT2D eigenvalue weighted by molar-refractivity contribution is 0.896. The topological polar surface area (TPSA) is 50.7 Å². The molecule has 0 aliphatic rings. The Morgan fingerprint density at radius 1 is 1.05 bits per heavy atom. The van der Waals surface area contributed by atoms with E-state index in [0.29, 0.717) is 5.56 Å². The van der Waals surface area contributed by atoms with Crippen molar-refractivity contribution in [3.8, 4) is 11.1 Å². The zero-order valence-corrected chi connectivity index (χ0v) is 12.4. The van der Waals surface area contributed by atoms with Crippen LogP contribution < -0.4 is 5.56 Å². The smallest absolute Gasteiger partial charge is 0.259 e. The molecule has 0 fully saturated rings. The minimum Gasteiger partial charge on any atom is -0.341 e. The van der Waals surface area contributed by atoms with E-state index in [4.69, 9.17) is 0 Å². The van der Waals surface area contributed by atoms with E-state index in [1.54, 1.807) is 24.0 Å². The second-order valence-electron chi connectivity index (χ2n) is 5.59. The van der Waals surface area contributed by atoms with Crippen molar-refractivity contribution < 1.29 is 0 Å². The lowest BCUT2D eigenvalue weighted by atomic mass is 10.1. The summed E-state index contributed by atoms with van der Waals surface area (Å²) in [5, 5.41) is 2.20. The number of nitrogens with zero attached hydrogens (tertiary/aromatic N) is 2. The van der Waals surface area contributed by atoms with Crippen LogP contribution in [0, 0.1) is 6.92 Å². The highest BCUT2D eigenvalue weighted by molar-refractivity contribution is 6.07. The summed E-state index contributed by atoms with van der Waals surface area (Å²) >= 11 is 0. The van der Waals surface area contributed by atoms with Gasteiger partial charge < -0.3 is 4.98 Å². The second kappa shape index (κ2) is 4.56. The number of hydrogen-bond acceptors (Lipinski definition) is 2. The van der Waals surface area contributed by atoms with Crippen LogP contribution in [-0.2, 0) is 7.05 Å². The molecule has 0 aliphatic heterocycles. The molecule has 0 spiro atoms. The fourth-order valence-corrected chi connectivity index (χ4v) is 2.95. The summed E-state index contributed by atoms with van der Waals surface area (Å²) in [6.07, 6.45) is 3.41. The number of hydrogen-bond donors (Lipinski definition) is 1. The van der Waals surface area contributed by atoms with E-state index in [9.17, 15) is 4.79 Å². The molecule has 0 saturated heterocycles. The summed E-state index contributed by atoms with van der Waals surface area (Å²) in [5.41, 5.74) is 4.67. The molecule has 0 unspecified atom stereocenters. The largest absolute Gasteiger partial charge is 0.341 e. The Hall–Kier alpha value is -2.88. The molecule has 4 nitrogen and oxygen atoms in total. The Labute approximate surface area is 127 Å². The average Bonchev–Trinajstić information content (AvgIpc) is 2.90. The minimum absolute atomic E-state index is 0.0121. The van der Waals surface area contributed by atoms with Gasteiger partial charge in [0.25, 0.3) is 5.56 Å². The highest BCUT2D eigenvalue weighted by atomic mass is 16.1. The van der Waals surface area contributed by atoms with Crippen LogP contribution in [0.3, 0.4) is 0 Å². The first-order valence-electron chi connectivity index (χ1n) is 7.17. The van der Waals surface area contributed by atoms with Crippen LogP contribution in [-0.4, -0.2) is 14.5 Å². The number of aromatic nitrogens is 3. The van der Waals surface area contributed by atoms with Crippen LogP contribution in [0.1, 0.15) is 5.56 Å². The SMILES string of the molecule is Cc1ccc2[nH]c3c(cc(-c4ccncc4)c(=O)n3C)c2c1. The zero-order valence-electron chi connectivity index (χ0n) is 12.4. The van der Waals surface area contributed by atoms with Gasteiger partial charge in [0.2, 0.25) is 0 Å². The first kappa shape index (κ1) is 12.8. The number of aromatic amines is 1. The summed E-state index contributed by atoms with van der Waals surface area (Å²) in [4.78, 5) is 20.0. The van der Waals surface area contributed by atoms with Crippen molar-refractivity contribution in [1.82, 2.24) is 14.5 Å². The van der Waals surface area contributed by atoms with Gasteiger partial charge in [0.15, 0.2) is 0 Å². The Balaban J connectivity index is 2.16. The van der Waals surface area contributed by atoms with Gasteiger partial charge >= 0.3 is 0 Å². The molecular weight excluding hydrogens is 274 g/mol. The van der Waals surface area contributed by atoms with E-state index in [1.165, 1.54) is 5.56 Å². The van der Waals surface area contributed by atoms with E-state index in [-0.39, 0.29) is 5.56 Å². The van der Waals surface area contributed by atoms with Gasteiger partial charge in [-0.05, 0) is 42.8 Å². The maximum atomic E-state index is 12.6. The lowest BCUT2D eigenvalue weighted by Crippen LogP contribution is -2.18. The molecule has 4 aromatic rings. The van der Waals surface area contributed by atoms with Crippen LogP contribution in [0.2, 0.25) is 0 Å². The van der Waals surface area contributed by atoms with Crippen molar-refractivity contribution in [2.24, 2.45) is 7.05 Å². The fraction of sp³-hybridized carbons (Fsp3) is 0.111. The van der Waals surface area contributed by atoms with Gasteiger partial charge in [-0.1, -0.05) is 11.6 Å². The molecule has 4 heteroatoms. The standard InChI is InChI=1S/C18H15N3O/c1-11-3-4-16-14(9-11)15-10-13(12-5-7-19-8-6-12)18(22)21(2)17(15)20-16/h3-10,20H,1-2H3. The molecule has 0 aliphatic carbocycles. The summed E-state index contributed by atoms with van der Waals surface area (Å²) < 4.78 is 1.68. The average molecular weight is 289 g/mol. The van der Waals surface area contributed by atoms with Crippen LogP contribution in [0.15, 0.2) is 53.6 Å². The highest BCUT2D eigenvalue weighted by Crippen LogP contribution is 2.28. The summed E-state index contributed by atoms with van der Waals surface area (Å²) in [7, 11) is 1.80. The van der Waals surface area contributed by atoms with Crippen LogP contribution in [0.4, 0.5) is 0 Å². The monoisotopic (exact) mass is 289 g/mol. The first-order chi connectivity index (χ1) is 10.6. The molecule has 3 aromatic heterocycles. The van der Waals surface area contributed by atoms with Gasteiger partial charge in [-0.3, -0.25) is 14.3 Å². The number of H-pyrrole nitrogens is 1. The maximum absolute atomic E-state index is 12.6. The van der Waals surface area contributed by atoms with E-state index in [0.717, 1.165) is 27.5 Å². The quantitative estimate of drug-likeness (QED) is 0.584. The van der Waals surface area contributed by atoms with Gasteiger partial charge in [0.1, 0.15) is 5.65 Å². The molecule has 0 saturated carbocycles. The molecule has 1 aromatic carbocycles. The molecule has 1 N–H and O–H groups in total. The molecule has 0 radical (unpaired) electrons. The number of rotatable bonds is 1. The normalized spacial score (nSPS) is 11.4. The second-order valence-corrected chi connectivity index (χ2v) is 5.59. The number of aryl methyl sites for hydroxylation is 2. The number of nitrogens with one attached hydrogen (secondary N) is 1. The van der Waals surface area contributed by atoms with Crippen molar-refractivity contribution >= 4 is 21.9 Å². The van der Waals surface area contributed by atoms with Gasteiger partial charge in [0.05, 0.1) is 0 Å². The predicted octanol–water partition coefficient (Wildman–Crippen LogP) is 3.39. The summed E-state index contributed by atoms with van der Waals surface area (Å²) in [5.74, 6) is 0. The van der Waals surface area contributed by atoms with Crippen LogP contribution in [0.25, 0.3) is 33.1 Å². The van der Waals surface area contributed by atoms with Gasteiger partial charge in [-0.2, -0.15) is 0 Å². The molecule has 0 bridgehead atoms. The molecule has 22 heavy (non-hydrogen) atoms. The third-order valence-corrected chi connectivity index (χ3v) is 4.12. The molecule has 108 valence electrons. The first-order valence-corrected chi connectivity index (χ1v) is 7.17. The van der Waals surface area contributed by atoms with Gasteiger partial charge in [-0.15, -0.1) is 0 Å². The lowest BCUT2D eigenvalue weighted by Gasteiger charge is -2.06. The Morgan fingerprint density at radius 2 is 1.82 bits per heavy atom. The minimum atomic E-state index is -0.0121. The van der Waals surface area contributed by atoms with Gasteiger partial charge in [-0.25, -0.2) is 0 Å². The third-order valence-electron chi connectivity index (χ3n) is 4.12. The number of benzene rings is 1. The van der Waals surface area contributed by atoms with E-state index < -0.39 is 0 Å². The number of pyridine rings is 2. The summed E-state index contributed by atoms with van der Waals surface area (Å²) in [6.45, 7) is 2.07. The fourth-order valence-electron chi connectivity index (χ4n) is 2.95. The molecular formula is C18H15N3O. The Kier molecular flexibility index (Phi) is 2.66. The van der Waals surface area contributed by atoms with Crippen molar-refractivity contribution in [1.29, 1.82) is 0 Å². The van der Waals surface area contributed by atoms with E-state index >= 15 is 0 Å². The van der Waals surface area contributed by atoms with Crippen molar-refractivity contribution in [3.05, 3.63) is 64.7 Å². The van der Waals surface area contributed by atoms with Crippen LogP contribution in [0.5, 0.6) is 0 Å². The van der Waals surface area contributed by atoms with Gasteiger partial charge in [0, 0.05) is 41.3 Å². The van der Waals surface area contributed by atoms with Crippen molar-refractivity contribution in [2.45, 2.75) is 6.92 Å². The number of fused-ring (bicyclic) bond motifs is 3.